The molecule has 1 saturated heterocycles. The Kier molecular flexibility index (Phi) is 5.11. The monoisotopic (exact) mass is 372 g/mol. The van der Waals surface area contributed by atoms with Crippen molar-refractivity contribution < 1.29 is 14.3 Å². The summed E-state index contributed by atoms with van der Waals surface area (Å²) in [5, 5.41) is 3.95. The highest BCUT2D eigenvalue weighted by Crippen LogP contribution is 2.37. The number of carbonyl (C=O) groups is 1. The van der Waals surface area contributed by atoms with Gasteiger partial charge in [-0.3, -0.25) is 4.79 Å². The fourth-order valence-corrected chi connectivity index (χ4v) is 3.53. The SMILES string of the molecule is O=C1c2ccccc2Nc2cc(Cl)ccc2N1CCOC1CCCCO1. The van der Waals surface area contributed by atoms with Crippen molar-refractivity contribution in [1.29, 1.82) is 0 Å². The topological polar surface area (TPSA) is 50.8 Å². The molecule has 0 saturated carbocycles. The van der Waals surface area contributed by atoms with E-state index < -0.39 is 0 Å². The van der Waals surface area contributed by atoms with Crippen molar-refractivity contribution in [1.82, 2.24) is 0 Å². The molecule has 2 aliphatic rings. The van der Waals surface area contributed by atoms with Gasteiger partial charge in [0.1, 0.15) is 0 Å². The molecule has 1 N–H and O–H groups in total. The summed E-state index contributed by atoms with van der Waals surface area (Å²) in [5.41, 5.74) is 3.02. The second kappa shape index (κ2) is 7.66. The van der Waals surface area contributed by atoms with Gasteiger partial charge < -0.3 is 19.7 Å². The molecule has 4 rings (SSSR count). The first-order valence-corrected chi connectivity index (χ1v) is 9.31. The molecule has 2 heterocycles. The molecule has 0 aliphatic carbocycles. The van der Waals surface area contributed by atoms with E-state index in [9.17, 15) is 4.79 Å². The summed E-state index contributed by atoms with van der Waals surface area (Å²) >= 11 is 6.16. The van der Waals surface area contributed by atoms with Crippen LogP contribution in [-0.4, -0.2) is 32.0 Å². The molecule has 1 fully saturated rings. The van der Waals surface area contributed by atoms with Crippen molar-refractivity contribution in [3.05, 3.63) is 53.1 Å². The normalized spacial score (nSPS) is 19.3. The van der Waals surface area contributed by atoms with Gasteiger partial charge in [-0.15, -0.1) is 0 Å². The lowest BCUT2D eigenvalue weighted by atomic mass is 10.1. The molecule has 5 nitrogen and oxygen atoms in total. The van der Waals surface area contributed by atoms with Gasteiger partial charge in [0.15, 0.2) is 6.29 Å². The minimum Gasteiger partial charge on any atom is -0.353 e. The van der Waals surface area contributed by atoms with Crippen LogP contribution in [0, 0.1) is 0 Å². The molecule has 2 aliphatic heterocycles. The molecule has 2 aromatic carbocycles. The predicted molar refractivity (Wildman–Crippen MR) is 102 cm³/mol. The van der Waals surface area contributed by atoms with Crippen LogP contribution >= 0.6 is 11.6 Å². The summed E-state index contributed by atoms with van der Waals surface area (Å²) in [6.45, 7) is 1.61. The molecule has 0 spiro atoms. The van der Waals surface area contributed by atoms with Crippen molar-refractivity contribution in [2.24, 2.45) is 0 Å². The summed E-state index contributed by atoms with van der Waals surface area (Å²) in [6, 6.07) is 13.0. The first-order chi connectivity index (χ1) is 12.7. The summed E-state index contributed by atoms with van der Waals surface area (Å²) in [7, 11) is 0. The number of anilines is 3. The highest BCUT2D eigenvalue weighted by Gasteiger charge is 2.27. The van der Waals surface area contributed by atoms with Crippen LogP contribution in [0.15, 0.2) is 42.5 Å². The van der Waals surface area contributed by atoms with Crippen molar-refractivity contribution in [3.8, 4) is 0 Å². The predicted octanol–water partition coefficient (Wildman–Crippen LogP) is 4.59. The number of hydrogen-bond acceptors (Lipinski definition) is 4. The van der Waals surface area contributed by atoms with Crippen LogP contribution in [0.25, 0.3) is 0 Å². The molecule has 0 aromatic heterocycles. The Morgan fingerprint density at radius 3 is 2.92 bits per heavy atom. The van der Waals surface area contributed by atoms with E-state index in [1.54, 1.807) is 11.0 Å². The highest BCUT2D eigenvalue weighted by atomic mass is 35.5. The zero-order valence-corrected chi connectivity index (χ0v) is 15.2. The Labute approximate surface area is 157 Å². The number of rotatable bonds is 4. The van der Waals surface area contributed by atoms with Crippen LogP contribution in [-0.2, 0) is 9.47 Å². The number of amides is 1. The Hall–Kier alpha value is -2.08. The van der Waals surface area contributed by atoms with Crippen molar-refractivity contribution >= 4 is 34.6 Å². The summed E-state index contributed by atoms with van der Waals surface area (Å²) < 4.78 is 11.4. The standard InChI is InChI=1S/C20H21ClN2O3/c21-14-8-9-18-17(13-14)22-16-6-2-1-5-15(16)20(24)23(18)10-12-26-19-7-3-4-11-25-19/h1-2,5-6,8-9,13,19,22H,3-4,7,10-12H2. The smallest absolute Gasteiger partial charge is 0.260 e. The average Bonchev–Trinajstić information content (AvgIpc) is 2.77. The fourth-order valence-electron chi connectivity index (χ4n) is 3.36. The Bertz CT molecular complexity index is 805. The maximum atomic E-state index is 13.1. The number of carbonyl (C=O) groups excluding carboxylic acids is 1. The zero-order chi connectivity index (χ0) is 17.9. The molecule has 136 valence electrons. The van der Waals surface area contributed by atoms with Crippen LogP contribution in [0.3, 0.4) is 0 Å². The van der Waals surface area contributed by atoms with Gasteiger partial charge in [0.2, 0.25) is 0 Å². The van der Waals surface area contributed by atoms with Crippen molar-refractivity contribution in [2.45, 2.75) is 25.6 Å². The van der Waals surface area contributed by atoms with Gasteiger partial charge in [0.25, 0.3) is 5.91 Å². The third-order valence-electron chi connectivity index (χ3n) is 4.68. The number of nitrogens with zero attached hydrogens (tertiary/aromatic N) is 1. The van der Waals surface area contributed by atoms with Crippen molar-refractivity contribution in [3.63, 3.8) is 0 Å². The number of halogens is 1. The van der Waals surface area contributed by atoms with Crippen LogP contribution in [0.5, 0.6) is 0 Å². The van der Waals surface area contributed by atoms with E-state index >= 15 is 0 Å². The number of hydrogen-bond donors (Lipinski definition) is 1. The molecule has 2 aromatic rings. The van der Waals surface area contributed by atoms with Gasteiger partial charge in [-0.2, -0.15) is 0 Å². The second-order valence-electron chi connectivity index (χ2n) is 6.46. The van der Waals surface area contributed by atoms with E-state index in [1.165, 1.54) is 0 Å². The van der Waals surface area contributed by atoms with Gasteiger partial charge in [0, 0.05) is 18.2 Å². The molecular weight excluding hydrogens is 352 g/mol. The number of fused-ring (bicyclic) bond motifs is 2. The molecular formula is C20H21ClN2O3. The highest BCUT2D eigenvalue weighted by molar-refractivity contribution is 6.31. The maximum Gasteiger partial charge on any atom is 0.260 e. The molecule has 0 bridgehead atoms. The van der Waals surface area contributed by atoms with Gasteiger partial charge in [-0.25, -0.2) is 0 Å². The summed E-state index contributed by atoms with van der Waals surface area (Å²) in [5.74, 6) is -0.0534. The van der Waals surface area contributed by atoms with E-state index in [-0.39, 0.29) is 12.2 Å². The van der Waals surface area contributed by atoms with E-state index in [4.69, 9.17) is 21.1 Å². The van der Waals surface area contributed by atoms with E-state index in [1.807, 2.05) is 36.4 Å². The second-order valence-corrected chi connectivity index (χ2v) is 6.89. The molecule has 6 heteroatoms. The average molecular weight is 373 g/mol. The largest absolute Gasteiger partial charge is 0.353 e. The third kappa shape index (κ3) is 3.56. The zero-order valence-electron chi connectivity index (χ0n) is 14.4. The van der Waals surface area contributed by atoms with E-state index in [0.29, 0.717) is 23.7 Å². The minimum atomic E-state index is -0.166. The first kappa shape index (κ1) is 17.3. The molecule has 26 heavy (non-hydrogen) atoms. The fraction of sp³-hybridized carbons (Fsp3) is 0.350. The maximum absolute atomic E-state index is 13.1. The lowest BCUT2D eigenvalue weighted by Crippen LogP contribution is -2.35. The quantitative estimate of drug-likeness (QED) is 0.853. The Morgan fingerprint density at radius 2 is 2.08 bits per heavy atom. The number of ether oxygens (including phenoxy) is 2. The van der Waals surface area contributed by atoms with Gasteiger partial charge in [0.05, 0.1) is 29.2 Å². The van der Waals surface area contributed by atoms with E-state index in [0.717, 1.165) is 42.9 Å². The molecule has 0 radical (unpaired) electrons. The lowest BCUT2D eigenvalue weighted by Gasteiger charge is -2.26. The summed E-state index contributed by atoms with van der Waals surface area (Å²) in [6.07, 6.45) is 2.94. The third-order valence-corrected chi connectivity index (χ3v) is 4.91. The molecule has 1 amide bonds. The van der Waals surface area contributed by atoms with E-state index in [2.05, 4.69) is 5.32 Å². The summed E-state index contributed by atoms with van der Waals surface area (Å²) in [4.78, 5) is 14.9. The van der Waals surface area contributed by atoms with Gasteiger partial charge >= 0.3 is 0 Å². The molecule has 1 atom stereocenters. The van der Waals surface area contributed by atoms with Crippen LogP contribution in [0.4, 0.5) is 17.1 Å². The Balaban J connectivity index is 1.58. The lowest BCUT2D eigenvalue weighted by molar-refractivity contribution is -0.160. The van der Waals surface area contributed by atoms with Crippen molar-refractivity contribution in [2.75, 3.05) is 30.0 Å². The number of nitrogens with one attached hydrogen (secondary N) is 1. The minimum absolute atomic E-state index is 0.0534. The van der Waals surface area contributed by atoms with Gasteiger partial charge in [-0.1, -0.05) is 23.7 Å². The Morgan fingerprint density at radius 1 is 1.19 bits per heavy atom. The van der Waals surface area contributed by atoms with Crippen LogP contribution in [0.2, 0.25) is 5.02 Å². The van der Waals surface area contributed by atoms with Crippen LogP contribution in [0.1, 0.15) is 29.6 Å². The number of para-hydroxylation sites is 1. The van der Waals surface area contributed by atoms with Gasteiger partial charge in [-0.05, 0) is 49.6 Å². The van der Waals surface area contributed by atoms with Crippen LogP contribution < -0.4 is 10.2 Å². The molecule has 1 unspecified atom stereocenters. The number of benzene rings is 2. The first-order valence-electron chi connectivity index (χ1n) is 8.93.